The molecule has 0 aliphatic carbocycles. The Labute approximate surface area is 144 Å². The maximum Gasteiger partial charge on any atom is 0.341 e. The predicted molar refractivity (Wildman–Crippen MR) is 89.4 cm³/mol. The third-order valence-electron chi connectivity index (χ3n) is 4.01. The Kier molecular flexibility index (Phi) is 4.79. The summed E-state index contributed by atoms with van der Waals surface area (Å²) < 4.78 is 5.10. The molecule has 6 nitrogen and oxygen atoms in total. The van der Waals surface area contributed by atoms with Crippen LogP contribution in [0.3, 0.4) is 0 Å². The molecule has 1 aliphatic rings. The van der Waals surface area contributed by atoms with E-state index in [9.17, 15) is 19.5 Å². The van der Waals surface area contributed by atoms with Gasteiger partial charge in [0.25, 0.3) is 11.8 Å². The first-order valence-corrected chi connectivity index (χ1v) is 8.00. The molecule has 0 radical (unpaired) electrons. The van der Waals surface area contributed by atoms with Crippen molar-refractivity contribution in [2.24, 2.45) is 0 Å². The summed E-state index contributed by atoms with van der Waals surface area (Å²) in [5, 5.41) is 9.59. The Hall–Kier alpha value is -3.15. The number of ether oxygens (including phenoxy) is 1. The van der Waals surface area contributed by atoms with Crippen LogP contribution in [0.25, 0.3) is 0 Å². The van der Waals surface area contributed by atoms with Gasteiger partial charge in [0.05, 0.1) is 17.7 Å². The smallest absolute Gasteiger partial charge is 0.341 e. The number of carbonyl (C=O) groups excluding carboxylic acids is 3. The van der Waals surface area contributed by atoms with E-state index in [4.69, 9.17) is 4.74 Å². The molecule has 1 aliphatic heterocycles. The molecule has 0 fully saturated rings. The van der Waals surface area contributed by atoms with E-state index in [0.29, 0.717) is 24.0 Å². The highest BCUT2D eigenvalue weighted by atomic mass is 16.5. The van der Waals surface area contributed by atoms with Gasteiger partial charge in [-0.1, -0.05) is 24.3 Å². The van der Waals surface area contributed by atoms with Crippen LogP contribution in [0, 0.1) is 0 Å². The van der Waals surface area contributed by atoms with Crippen LogP contribution in [-0.2, 0) is 4.74 Å². The fourth-order valence-corrected chi connectivity index (χ4v) is 2.70. The highest BCUT2D eigenvalue weighted by molar-refractivity contribution is 6.21. The Bertz CT molecular complexity index is 795. The second kappa shape index (κ2) is 7.17. The van der Waals surface area contributed by atoms with Gasteiger partial charge < -0.3 is 9.84 Å². The number of imide groups is 1. The summed E-state index contributed by atoms with van der Waals surface area (Å²) in [6, 6.07) is 12.9. The number of benzene rings is 2. The number of phenols is 1. The first kappa shape index (κ1) is 16.7. The summed E-state index contributed by atoms with van der Waals surface area (Å²) in [6.45, 7) is 0.427. The highest BCUT2D eigenvalue weighted by Crippen LogP contribution is 2.22. The molecule has 1 heterocycles. The normalized spacial score (nSPS) is 13.0. The summed E-state index contributed by atoms with van der Waals surface area (Å²) in [6.07, 6.45) is 1.03. The van der Waals surface area contributed by atoms with Gasteiger partial charge in [-0.15, -0.1) is 0 Å². The van der Waals surface area contributed by atoms with E-state index in [1.165, 1.54) is 17.0 Å². The second-order valence-corrected chi connectivity index (χ2v) is 5.67. The van der Waals surface area contributed by atoms with Crippen molar-refractivity contribution in [2.75, 3.05) is 13.2 Å². The summed E-state index contributed by atoms with van der Waals surface area (Å²) in [5.74, 6) is -1.30. The molecule has 6 heteroatoms. The van der Waals surface area contributed by atoms with Crippen LogP contribution < -0.4 is 0 Å². The van der Waals surface area contributed by atoms with E-state index in [1.54, 1.807) is 36.4 Å². The molecule has 1 N–H and O–H groups in total. The van der Waals surface area contributed by atoms with Gasteiger partial charge in [0, 0.05) is 6.54 Å². The molecular formula is C19H17NO5. The number of rotatable bonds is 6. The number of hydrogen-bond acceptors (Lipinski definition) is 5. The van der Waals surface area contributed by atoms with Crippen molar-refractivity contribution in [3.05, 3.63) is 65.2 Å². The van der Waals surface area contributed by atoms with Gasteiger partial charge in [0.15, 0.2) is 0 Å². The zero-order valence-corrected chi connectivity index (χ0v) is 13.5. The summed E-state index contributed by atoms with van der Waals surface area (Å²) >= 11 is 0. The van der Waals surface area contributed by atoms with Gasteiger partial charge in [-0.3, -0.25) is 14.5 Å². The van der Waals surface area contributed by atoms with Gasteiger partial charge in [0.2, 0.25) is 0 Å². The number of phenolic OH excluding ortho intramolecular Hbond substituents is 1. The van der Waals surface area contributed by atoms with Gasteiger partial charge in [-0.05, 0) is 37.1 Å². The molecule has 2 amide bonds. The van der Waals surface area contributed by atoms with Gasteiger partial charge in [-0.25, -0.2) is 4.79 Å². The highest BCUT2D eigenvalue weighted by Gasteiger charge is 2.34. The number of para-hydroxylation sites is 1. The van der Waals surface area contributed by atoms with E-state index in [-0.39, 0.29) is 36.3 Å². The number of aromatic hydroxyl groups is 1. The summed E-state index contributed by atoms with van der Waals surface area (Å²) in [4.78, 5) is 37.4. The first-order chi connectivity index (χ1) is 12.1. The summed E-state index contributed by atoms with van der Waals surface area (Å²) in [7, 11) is 0. The van der Waals surface area contributed by atoms with Crippen LogP contribution in [-0.4, -0.2) is 40.9 Å². The Morgan fingerprint density at radius 2 is 1.52 bits per heavy atom. The zero-order chi connectivity index (χ0) is 17.8. The van der Waals surface area contributed by atoms with Crippen molar-refractivity contribution in [1.82, 2.24) is 4.90 Å². The van der Waals surface area contributed by atoms with E-state index < -0.39 is 5.97 Å². The predicted octanol–water partition coefficient (Wildman–Crippen LogP) is 2.63. The molecule has 128 valence electrons. The molecule has 2 aromatic carbocycles. The van der Waals surface area contributed by atoms with E-state index in [2.05, 4.69) is 0 Å². The van der Waals surface area contributed by atoms with Crippen molar-refractivity contribution >= 4 is 17.8 Å². The summed E-state index contributed by atoms with van der Waals surface area (Å²) in [5.41, 5.74) is 0.972. The van der Waals surface area contributed by atoms with Crippen molar-refractivity contribution in [1.29, 1.82) is 0 Å². The van der Waals surface area contributed by atoms with Crippen LogP contribution in [0.1, 0.15) is 43.9 Å². The maximum absolute atomic E-state index is 12.2. The van der Waals surface area contributed by atoms with Crippen molar-refractivity contribution in [3.63, 3.8) is 0 Å². The average Bonchev–Trinajstić information content (AvgIpc) is 2.86. The number of esters is 1. The fraction of sp³-hybridized carbons (Fsp3) is 0.211. The Balaban J connectivity index is 1.45. The molecule has 2 aromatic rings. The Morgan fingerprint density at radius 3 is 2.16 bits per heavy atom. The minimum Gasteiger partial charge on any atom is -0.507 e. The standard InChI is InChI=1S/C19H17NO5/c21-16-10-4-3-9-15(16)19(24)25-12-6-5-11-20-17(22)13-7-1-2-8-14(13)18(20)23/h1-4,7-10,21H,5-6,11-12H2. The van der Waals surface area contributed by atoms with Gasteiger partial charge >= 0.3 is 5.97 Å². The molecule has 0 unspecified atom stereocenters. The topological polar surface area (TPSA) is 83.9 Å². The number of unbranched alkanes of at least 4 members (excludes halogenated alkanes) is 1. The largest absolute Gasteiger partial charge is 0.507 e. The number of carbonyl (C=O) groups is 3. The minimum atomic E-state index is -0.598. The van der Waals surface area contributed by atoms with Crippen LogP contribution in [0.4, 0.5) is 0 Å². The second-order valence-electron chi connectivity index (χ2n) is 5.67. The van der Waals surface area contributed by atoms with Crippen LogP contribution >= 0.6 is 0 Å². The van der Waals surface area contributed by atoms with Gasteiger partial charge in [0.1, 0.15) is 11.3 Å². The molecule has 0 saturated heterocycles. The number of hydrogen-bond donors (Lipinski definition) is 1. The van der Waals surface area contributed by atoms with Crippen LogP contribution in [0.2, 0.25) is 0 Å². The molecule has 0 saturated carbocycles. The molecular weight excluding hydrogens is 322 g/mol. The molecule has 0 aromatic heterocycles. The molecule has 3 rings (SSSR count). The molecule has 0 spiro atoms. The van der Waals surface area contributed by atoms with Crippen LogP contribution in [0.5, 0.6) is 5.75 Å². The van der Waals surface area contributed by atoms with E-state index in [0.717, 1.165) is 0 Å². The van der Waals surface area contributed by atoms with Crippen molar-refractivity contribution in [3.8, 4) is 5.75 Å². The quantitative estimate of drug-likeness (QED) is 0.497. The number of fused-ring (bicyclic) bond motifs is 1. The third kappa shape index (κ3) is 3.38. The van der Waals surface area contributed by atoms with Crippen molar-refractivity contribution in [2.45, 2.75) is 12.8 Å². The first-order valence-electron chi connectivity index (χ1n) is 8.00. The SMILES string of the molecule is O=C(OCCCCN1C(=O)c2ccccc2C1=O)c1ccccc1O. The van der Waals surface area contributed by atoms with E-state index in [1.807, 2.05) is 0 Å². The lowest BCUT2D eigenvalue weighted by molar-refractivity contribution is 0.0482. The van der Waals surface area contributed by atoms with Crippen molar-refractivity contribution < 1.29 is 24.2 Å². The lowest BCUT2D eigenvalue weighted by Crippen LogP contribution is -2.30. The van der Waals surface area contributed by atoms with E-state index >= 15 is 0 Å². The average molecular weight is 339 g/mol. The minimum absolute atomic E-state index is 0.114. The lowest BCUT2D eigenvalue weighted by atomic mass is 10.1. The zero-order valence-electron chi connectivity index (χ0n) is 13.5. The van der Waals surface area contributed by atoms with Gasteiger partial charge in [-0.2, -0.15) is 0 Å². The number of amides is 2. The number of nitrogens with zero attached hydrogens (tertiary/aromatic N) is 1. The Morgan fingerprint density at radius 1 is 0.920 bits per heavy atom. The molecule has 0 bridgehead atoms. The third-order valence-corrected chi connectivity index (χ3v) is 4.01. The molecule has 25 heavy (non-hydrogen) atoms. The fourth-order valence-electron chi connectivity index (χ4n) is 2.70. The molecule has 0 atom stereocenters. The lowest BCUT2D eigenvalue weighted by Gasteiger charge is -2.13. The monoisotopic (exact) mass is 339 g/mol. The van der Waals surface area contributed by atoms with Crippen LogP contribution in [0.15, 0.2) is 48.5 Å². The maximum atomic E-state index is 12.2.